The first-order valence-corrected chi connectivity index (χ1v) is 11.5. The van der Waals surface area contributed by atoms with Gasteiger partial charge in [0, 0.05) is 49.2 Å². The predicted octanol–water partition coefficient (Wildman–Crippen LogP) is 1.46. The zero-order chi connectivity index (χ0) is 23.7. The number of anilines is 1. The normalized spacial score (nSPS) is 20.8. The highest BCUT2D eigenvalue weighted by Gasteiger charge is 2.39. The summed E-state index contributed by atoms with van der Waals surface area (Å²) in [6.07, 6.45) is 4.92. The number of carbonyl (C=O) groups is 4. The molecule has 0 saturated carbocycles. The van der Waals surface area contributed by atoms with E-state index < -0.39 is 11.9 Å². The molecule has 0 spiro atoms. The van der Waals surface area contributed by atoms with E-state index >= 15 is 0 Å². The van der Waals surface area contributed by atoms with Gasteiger partial charge >= 0.3 is 0 Å². The highest BCUT2D eigenvalue weighted by Crippen LogP contribution is 2.28. The van der Waals surface area contributed by atoms with E-state index in [1.165, 1.54) is 4.90 Å². The highest BCUT2D eigenvalue weighted by atomic mass is 16.5. The third-order valence-corrected chi connectivity index (χ3v) is 6.56. The van der Waals surface area contributed by atoms with Crippen LogP contribution in [-0.2, 0) is 27.3 Å². The molecule has 3 aliphatic rings. The molecule has 0 aliphatic carbocycles. The van der Waals surface area contributed by atoms with Crippen LogP contribution in [0, 0.1) is 5.92 Å². The summed E-state index contributed by atoms with van der Waals surface area (Å²) >= 11 is 0. The Morgan fingerprint density at radius 1 is 1.15 bits per heavy atom. The monoisotopic (exact) mass is 463 g/mol. The van der Waals surface area contributed by atoms with Crippen molar-refractivity contribution in [1.82, 2.24) is 20.2 Å². The average molecular weight is 463 g/mol. The molecule has 1 unspecified atom stereocenters. The molecule has 2 aromatic rings. The Labute approximate surface area is 196 Å². The van der Waals surface area contributed by atoms with Gasteiger partial charge in [0.15, 0.2) is 0 Å². The maximum absolute atomic E-state index is 12.9. The molecule has 176 valence electrons. The van der Waals surface area contributed by atoms with E-state index in [1.54, 1.807) is 24.4 Å². The maximum atomic E-state index is 12.9. The molecule has 2 N–H and O–H groups in total. The van der Waals surface area contributed by atoms with Crippen molar-refractivity contribution in [1.29, 1.82) is 0 Å². The molecule has 10 heteroatoms. The molecule has 3 aliphatic heterocycles. The van der Waals surface area contributed by atoms with Gasteiger partial charge in [0.25, 0.3) is 11.8 Å². The molecule has 4 heterocycles. The van der Waals surface area contributed by atoms with Gasteiger partial charge in [-0.25, -0.2) is 9.97 Å². The number of amides is 4. The molecule has 1 aromatic carbocycles. The highest BCUT2D eigenvalue weighted by molar-refractivity contribution is 6.07. The van der Waals surface area contributed by atoms with Crippen LogP contribution in [0.5, 0.6) is 0 Å². The molecule has 34 heavy (non-hydrogen) atoms. The summed E-state index contributed by atoms with van der Waals surface area (Å²) in [5, 5.41) is 5.02. The second-order valence-corrected chi connectivity index (χ2v) is 8.86. The Kier molecular flexibility index (Phi) is 6.06. The summed E-state index contributed by atoms with van der Waals surface area (Å²) in [6.45, 7) is 1.74. The van der Waals surface area contributed by atoms with Gasteiger partial charge in [-0.15, -0.1) is 0 Å². The quantitative estimate of drug-likeness (QED) is 0.642. The summed E-state index contributed by atoms with van der Waals surface area (Å²) in [4.78, 5) is 59.4. The number of benzene rings is 1. The lowest BCUT2D eigenvalue weighted by molar-refractivity contribution is -0.136. The van der Waals surface area contributed by atoms with Crippen molar-refractivity contribution in [3.63, 3.8) is 0 Å². The van der Waals surface area contributed by atoms with Gasteiger partial charge in [-0.3, -0.25) is 29.8 Å². The molecule has 2 fully saturated rings. The maximum Gasteiger partial charge on any atom is 0.258 e. The Hall–Kier alpha value is -3.66. The first-order chi connectivity index (χ1) is 16.5. The van der Waals surface area contributed by atoms with Crippen LogP contribution in [0.3, 0.4) is 0 Å². The van der Waals surface area contributed by atoms with Gasteiger partial charge in [-0.2, -0.15) is 0 Å². The summed E-state index contributed by atoms with van der Waals surface area (Å²) in [6, 6.07) is 5.99. The number of fused-ring (bicyclic) bond motifs is 1. The molecule has 5 rings (SSSR count). The number of hydrogen-bond donors (Lipinski definition) is 2. The Bertz CT molecular complexity index is 1160. The van der Waals surface area contributed by atoms with E-state index in [0.29, 0.717) is 29.0 Å². The standard InChI is InChI=1S/C24H25N5O5/c30-20-4-3-19(22(32)27-20)29-13-16-12-15(1-2-18(16)23(29)33)21(31)28-24-25-8-5-17(26-24)11-14-6-9-34-10-7-14/h1-2,5,8,12,14,19H,3-4,6-7,9-11,13H2,(H,27,30,32)(H,25,26,28,31). The zero-order valence-electron chi connectivity index (χ0n) is 18.6. The van der Waals surface area contributed by atoms with Gasteiger partial charge in [-0.1, -0.05) is 0 Å². The summed E-state index contributed by atoms with van der Waals surface area (Å²) in [5.74, 6) is -0.708. The number of piperidine rings is 1. The fraction of sp³-hybridized carbons (Fsp3) is 0.417. The number of nitrogens with one attached hydrogen (secondary N) is 2. The SMILES string of the molecule is O=C1CCC(N2Cc3cc(C(=O)Nc4nccc(CC5CCOCC5)n4)ccc3C2=O)C(=O)N1. The molecule has 1 aromatic heterocycles. The second-order valence-electron chi connectivity index (χ2n) is 8.86. The minimum absolute atomic E-state index is 0.192. The molecule has 4 amide bonds. The van der Waals surface area contributed by atoms with Gasteiger partial charge < -0.3 is 9.64 Å². The van der Waals surface area contributed by atoms with Crippen molar-refractivity contribution >= 4 is 29.6 Å². The number of rotatable bonds is 5. The number of imide groups is 1. The van der Waals surface area contributed by atoms with Crippen LogP contribution in [0.4, 0.5) is 5.95 Å². The van der Waals surface area contributed by atoms with Crippen LogP contribution in [0.2, 0.25) is 0 Å². The average Bonchev–Trinajstić information content (AvgIpc) is 3.15. The Morgan fingerprint density at radius 2 is 1.97 bits per heavy atom. The first kappa shape index (κ1) is 22.1. The van der Waals surface area contributed by atoms with Gasteiger partial charge in [0.2, 0.25) is 17.8 Å². The number of aromatic nitrogens is 2. The second kappa shape index (κ2) is 9.30. The van der Waals surface area contributed by atoms with Crippen LogP contribution in [-0.4, -0.2) is 57.8 Å². The van der Waals surface area contributed by atoms with E-state index in [4.69, 9.17) is 4.74 Å². The number of carbonyl (C=O) groups excluding carboxylic acids is 4. The third kappa shape index (κ3) is 4.54. The largest absolute Gasteiger partial charge is 0.381 e. The van der Waals surface area contributed by atoms with Gasteiger partial charge in [-0.05, 0) is 61.4 Å². The van der Waals surface area contributed by atoms with Crippen molar-refractivity contribution in [3.05, 3.63) is 52.8 Å². The van der Waals surface area contributed by atoms with Gasteiger partial charge in [0.1, 0.15) is 6.04 Å². The van der Waals surface area contributed by atoms with Crippen molar-refractivity contribution in [2.75, 3.05) is 18.5 Å². The number of nitrogens with zero attached hydrogens (tertiary/aromatic N) is 3. The van der Waals surface area contributed by atoms with Crippen LogP contribution in [0.1, 0.15) is 57.7 Å². The Balaban J connectivity index is 1.26. The van der Waals surface area contributed by atoms with Crippen molar-refractivity contribution in [2.45, 2.75) is 44.7 Å². The van der Waals surface area contributed by atoms with Crippen molar-refractivity contribution in [3.8, 4) is 0 Å². The fourth-order valence-electron chi connectivity index (χ4n) is 4.71. The minimum Gasteiger partial charge on any atom is -0.381 e. The fourth-order valence-corrected chi connectivity index (χ4v) is 4.71. The molecule has 2 saturated heterocycles. The van der Waals surface area contributed by atoms with Crippen LogP contribution in [0.25, 0.3) is 0 Å². The molecule has 0 bridgehead atoms. The van der Waals surface area contributed by atoms with Crippen LogP contribution in [0.15, 0.2) is 30.5 Å². The van der Waals surface area contributed by atoms with Crippen molar-refractivity contribution < 1.29 is 23.9 Å². The summed E-state index contributed by atoms with van der Waals surface area (Å²) in [7, 11) is 0. The van der Waals surface area contributed by atoms with E-state index in [9.17, 15) is 19.2 Å². The number of hydrogen-bond acceptors (Lipinski definition) is 7. The molecule has 10 nitrogen and oxygen atoms in total. The molecule has 0 radical (unpaired) electrons. The van der Waals surface area contributed by atoms with E-state index in [0.717, 1.165) is 38.2 Å². The topological polar surface area (TPSA) is 131 Å². The Morgan fingerprint density at radius 3 is 2.76 bits per heavy atom. The zero-order valence-corrected chi connectivity index (χ0v) is 18.6. The minimum atomic E-state index is -0.693. The lowest BCUT2D eigenvalue weighted by Crippen LogP contribution is -2.52. The van der Waals surface area contributed by atoms with E-state index in [1.807, 2.05) is 6.07 Å². The molecular formula is C24H25N5O5. The van der Waals surface area contributed by atoms with E-state index in [2.05, 4.69) is 20.6 Å². The molecular weight excluding hydrogens is 438 g/mol. The van der Waals surface area contributed by atoms with Crippen molar-refractivity contribution in [2.24, 2.45) is 5.92 Å². The van der Waals surface area contributed by atoms with Crippen LogP contribution >= 0.6 is 0 Å². The molecule has 1 atom stereocenters. The first-order valence-electron chi connectivity index (χ1n) is 11.5. The third-order valence-electron chi connectivity index (χ3n) is 6.56. The lowest BCUT2D eigenvalue weighted by atomic mass is 9.95. The number of ether oxygens (including phenoxy) is 1. The summed E-state index contributed by atoms with van der Waals surface area (Å²) in [5.41, 5.74) is 2.36. The smallest absolute Gasteiger partial charge is 0.258 e. The van der Waals surface area contributed by atoms with Gasteiger partial charge in [0.05, 0.1) is 0 Å². The van der Waals surface area contributed by atoms with Crippen LogP contribution < -0.4 is 10.6 Å². The lowest BCUT2D eigenvalue weighted by Gasteiger charge is -2.29. The predicted molar refractivity (Wildman–Crippen MR) is 120 cm³/mol. The summed E-state index contributed by atoms with van der Waals surface area (Å²) < 4.78 is 5.40. The van der Waals surface area contributed by atoms with E-state index in [-0.39, 0.29) is 36.6 Å².